The lowest BCUT2D eigenvalue weighted by molar-refractivity contribution is -0.0525. The van der Waals surface area contributed by atoms with Crippen molar-refractivity contribution in [2.75, 3.05) is 26.2 Å². The van der Waals surface area contributed by atoms with Crippen molar-refractivity contribution in [3.05, 3.63) is 29.3 Å². The average Bonchev–Trinajstić information content (AvgIpc) is 2.70. The fourth-order valence-corrected chi connectivity index (χ4v) is 7.68. The minimum absolute atomic E-state index is 0.0226. The highest BCUT2D eigenvalue weighted by atomic mass is 35.5. The van der Waals surface area contributed by atoms with E-state index in [2.05, 4.69) is 4.90 Å². The van der Waals surface area contributed by atoms with Gasteiger partial charge in [-0.2, -0.15) is 4.31 Å². The fraction of sp³-hybridized carbons (Fsp3) is 0.714. The first kappa shape index (κ1) is 20.6. The van der Waals surface area contributed by atoms with Crippen LogP contribution in [0.5, 0.6) is 0 Å². The lowest BCUT2D eigenvalue weighted by Gasteiger charge is -2.57. The van der Waals surface area contributed by atoms with Gasteiger partial charge in [0.2, 0.25) is 10.0 Å². The molecule has 3 heterocycles. The Kier molecular flexibility index (Phi) is 6.33. The van der Waals surface area contributed by atoms with E-state index in [1.54, 1.807) is 24.3 Å². The predicted molar refractivity (Wildman–Crippen MR) is 111 cm³/mol. The third-order valence-electron chi connectivity index (χ3n) is 6.95. The standard InChI is InChI=1S/C21H31ClN2O3S/c22-17-8-10-18(11-9-17)28(26,27)24-15-16-5-3-12-23-13-4-6-19(21(16)23)20(24)7-1-2-14-25/h8-11,16,19-21,25H,1-7,12-15H2/t16-,19-,20-,21+/m1/s1. The molecular weight excluding hydrogens is 396 g/mol. The van der Waals surface area contributed by atoms with E-state index in [4.69, 9.17) is 11.6 Å². The molecule has 156 valence electrons. The molecule has 1 N–H and O–H groups in total. The van der Waals surface area contributed by atoms with Crippen LogP contribution in [0.15, 0.2) is 29.2 Å². The van der Waals surface area contributed by atoms with E-state index < -0.39 is 10.0 Å². The van der Waals surface area contributed by atoms with Gasteiger partial charge in [0.05, 0.1) is 4.90 Å². The summed E-state index contributed by atoms with van der Waals surface area (Å²) >= 11 is 5.98. The van der Waals surface area contributed by atoms with Crippen LogP contribution in [0.1, 0.15) is 44.9 Å². The SMILES string of the molecule is O=S(=O)(c1ccc(Cl)cc1)N1C[C@H]2CCCN3CCC[C@@H]([C@H]23)[C@H]1CCCCO. The Morgan fingerprint density at radius 1 is 1.07 bits per heavy atom. The van der Waals surface area contributed by atoms with E-state index in [1.807, 2.05) is 4.31 Å². The molecule has 3 fully saturated rings. The first-order chi connectivity index (χ1) is 13.5. The molecule has 0 amide bonds. The zero-order valence-electron chi connectivity index (χ0n) is 16.3. The third-order valence-corrected chi connectivity index (χ3v) is 9.11. The van der Waals surface area contributed by atoms with Crippen molar-refractivity contribution in [2.24, 2.45) is 11.8 Å². The predicted octanol–water partition coefficient (Wildman–Crippen LogP) is 3.37. The van der Waals surface area contributed by atoms with E-state index >= 15 is 0 Å². The zero-order valence-corrected chi connectivity index (χ0v) is 17.9. The highest BCUT2D eigenvalue weighted by molar-refractivity contribution is 7.89. The molecule has 0 unspecified atom stereocenters. The third kappa shape index (κ3) is 3.86. The number of aliphatic hydroxyl groups excluding tert-OH is 1. The fourth-order valence-electron chi connectivity index (χ4n) is 5.80. The van der Waals surface area contributed by atoms with Crippen LogP contribution in [0, 0.1) is 11.8 Å². The van der Waals surface area contributed by atoms with E-state index in [0.29, 0.717) is 34.3 Å². The number of piperidine rings is 3. The van der Waals surface area contributed by atoms with Gasteiger partial charge in [-0.25, -0.2) is 8.42 Å². The Morgan fingerprint density at radius 3 is 2.50 bits per heavy atom. The largest absolute Gasteiger partial charge is 0.396 e. The van der Waals surface area contributed by atoms with Gasteiger partial charge in [-0.15, -0.1) is 0 Å². The molecule has 5 nitrogen and oxygen atoms in total. The molecule has 0 bridgehead atoms. The molecule has 0 radical (unpaired) electrons. The normalized spacial score (nSPS) is 31.5. The van der Waals surface area contributed by atoms with E-state index in [9.17, 15) is 13.5 Å². The van der Waals surface area contributed by atoms with Crippen LogP contribution in [0.25, 0.3) is 0 Å². The summed E-state index contributed by atoms with van der Waals surface area (Å²) in [5.74, 6) is 0.823. The van der Waals surface area contributed by atoms with Crippen molar-refractivity contribution in [1.82, 2.24) is 9.21 Å². The van der Waals surface area contributed by atoms with Crippen molar-refractivity contribution in [2.45, 2.75) is 61.9 Å². The molecule has 0 saturated carbocycles. The molecule has 3 aliphatic rings. The highest BCUT2D eigenvalue weighted by Gasteiger charge is 2.51. The molecule has 0 aromatic heterocycles. The Morgan fingerprint density at radius 2 is 1.79 bits per heavy atom. The van der Waals surface area contributed by atoms with Gasteiger partial charge in [-0.1, -0.05) is 11.6 Å². The van der Waals surface area contributed by atoms with Gasteiger partial charge in [0.1, 0.15) is 0 Å². The number of aliphatic hydroxyl groups is 1. The second kappa shape index (κ2) is 8.60. The Balaban J connectivity index is 1.67. The summed E-state index contributed by atoms with van der Waals surface area (Å²) in [7, 11) is -3.56. The van der Waals surface area contributed by atoms with Gasteiger partial charge in [0.15, 0.2) is 0 Å². The number of benzene rings is 1. The van der Waals surface area contributed by atoms with E-state index in [-0.39, 0.29) is 12.6 Å². The van der Waals surface area contributed by atoms with Crippen molar-refractivity contribution >= 4 is 21.6 Å². The lowest BCUT2D eigenvalue weighted by Crippen LogP contribution is -2.65. The molecule has 28 heavy (non-hydrogen) atoms. The minimum Gasteiger partial charge on any atom is -0.396 e. The monoisotopic (exact) mass is 426 g/mol. The second-order valence-corrected chi connectivity index (χ2v) is 10.9. The molecular formula is C21H31ClN2O3S. The number of sulfonamides is 1. The number of unbranched alkanes of at least 4 members (excludes halogenated alkanes) is 1. The minimum atomic E-state index is -3.56. The molecule has 3 aliphatic heterocycles. The topological polar surface area (TPSA) is 60.9 Å². The lowest BCUT2D eigenvalue weighted by atomic mass is 9.70. The summed E-state index contributed by atoms with van der Waals surface area (Å²) in [6.45, 7) is 3.10. The summed E-state index contributed by atoms with van der Waals surface area (Å²) in [6.07, 6.45) is 6.96. The van der Waals surface area contributed by atoms with Crippen LogP contribution in [0.3, 0.4) is 0 Å². The van der Waals surface area contributed by atoms with Crippen LogP contribution < -0.4 is 0 Å². The van der Waals surface area contributed by atoms with E-state index in [1.165, 1.54) is 0 Å². The van der Waals surface area contributed by atoms with Gasteiger partial charge >= 0.3 is 0 Å². The Bertz CT molecular complexity index is 768. The quantitative estimate of drug-likeness (QED) is 0.708. The smallest absolute Gasteiger partial charge is 0.243 e. The molecule has 4 atom stereocenters. The van der Waals surface area contributed by atoms with Crippen LogP contribution >= 0.6 is 11.6 Å². The summed E-state index contributed by atoms with van der Waals surface area (Å²) in [4.78, 5) is 2.97. The van der Waals surface area contributed by atoms with Gasteiger partial charge in [0.25, 0.3) is 0 Å². The molecule has 0 spiro atoms. The Labute approximate surface area is 173 Å². The number of rotatable bonds is 6. The highest BCUT2D eigenvalue weighted by Crippen LogP contribution is 2.45. The molecule has 4 rings (SSSR count). The number of hydrogen-bond acceptors (Lipinski definition) is 4. The number of nitrogens with zero attached hydrogens (tertiary/aromatic N) is 2. The molecule has 1 aromatic rings. The van der Waals surface area contributed by atoms with Gasteiger partial charge in [-0.05, 0) is 94.1 Å². The molecule has 3 saturated heterocycles. The Hall–Kier alpha value is -0.660. The maximum absolute atomic E-state index is 13.6. The average molecular weight is 427 g/mol. The second-order valence-electron chi connectivity index (χ2n) is 8.55. The van der Waals surface area contributed by atoms with Gasteiger partial charge < -0.3 is 5.11 Å². The van der Waals surface area contributed by atoms with Crippen molar-refractivity contribution < 1.29 is 13.5 Å². The van der Waals surface area contributed by atoms with Crippen LogP contribution in [0.4, 0.5) is 0 Å². The first-order valence-corrected chi connectivity index (χ1v) is 12.5. The summed E-state index contributed by atoms with van der Waals surface area (Å²) in [5.41, 5.74) is 0. The van der Waals surface area contributed by atoms with Crippen LogP contribution in [-0.2, 0) is 10.0 Å². The number of halogens is 1. The summed E-state index contributed by atoms with van der Waals surface area (Å²) in [5, 5.41) is 9.79. The van der Waals surface area contributed by atoms with Crippen molar-refractivity contribution in [3.8, 4) is 0 Å². The summed E-state index contributed by atoms with van der Waals surface area (Å²) in [6, 6.07) is 7.12. The van der Waals surface area contributed by atoms with Crippen LogP contribution in [0.2, 0.25) is 5.02 Å². The van der Waals surface area contributed by atoms with Crippen molar-refractivity contribution in [3.63, 3.8) is 0 Å². The molecule has 7 heteroatoms. The summed E-state index contributed by atoms with van der Waals surface area (Å²) < 4.78 is 29.0. The maximum atomic E-state index is 13.6. The van der Waals surface area contributed by atoms with Crippen LogP contribution in [-0.4, -0.2) is 61.1 Å². The molecule has 1 aromatic carbocycles. The first-order valence-electron chi connectivity index (χ1n) is 10.6. The van der Waals surface area contributed by atoms with Crippen molar-refractivity contribution in [1.29, 1.82) is 0 Å². The molecule has 0 aliphatic carbocycles. The van der Waals surface area contributed by atoms with Gasteiger partial charge in [0, 0.05) is 30.3 Å². The maximum Gasteiger partial charge on any atom is 0.243 e. The van der Waals surface area contributed by atoms with E-state index in [0.717, 1.165) is 58.0 Å². The van der Waals surface area contributed by atoms with Gasteiger partial charge in [-0.3, -0.25) is 4.90 Å². The zero-order chi connectivity index (χ0) is 19.7. The number of hydrogen-bond donors (Lipinski definition) is 1.